The second kappa shape index (κ2) is 12.1. The summed E-state index contributed by atoms with van der Waals surface area (Å²) < 4.78 is 23.4. The molecule has 0 spiro atoms. The first-order valence-corrected chi connectivity index (χ1v) is 13.9. The van der Waals surface area contributed by atoms with Gasteiger partial charge in [-0.2, -0.15) is 0 Å². The predicted octanol–water partition coefficient (Wildman–Crippen LogP) is 5.87. The summed E-state index contributed by atoms with van der Waals surface area (Å²) >= 11 is 0. The molecule has 0 aromatic heterocycles. The second-order valence-electron chi connectivity index (χ2n) is 10.8. The predicted molar refractivity (Wildman–Crippen MR) is 154 cm³/mol. The molecule has 1 amide bonds. The van der Waals surface area contributed by atoms with Gasteiger partial charge >= 0.3 is 12.1 Å². The van der Waals surface area contributed by atoms with Crippen molar-refractivity contribution in [3.05, 3.63) is 76.9 Å². The minimum Gasteiger partial charge on any atom is -0.495 e. The Hall–Kier alpha value is -4.24. The number of aliphatic hydroxyl groups excluding tert-OH is 1. The normalized spacial score (nSPS) is 15.6. The molecule has 9 heteroatoms. The number of carbonyl (C=O) groups is 2. The Morgan fingerprint density at radius 3 is 2.46 bits per heavy atom. The number of nitrogens with zero attached hydrogens (tertiary/aromatic N) is 2. The monoisotopic (exact) mass is 560 g/mol. The van der Waals surface area contributed by atoms with E-state index in [2.05, 4.69) is 17.0 Å². The van der Waals surface area contributed by atoms with Gasteiger partial charge in [-0.3, -0.25) is 0 Å². The SMILES string of the molecule is COc1c([C@@H](O)CC(C)C)ccc2c1C(=O)OCc1cc(C)cc(OC(=O)N3CCN(c4ccccc4)CC3)c1O2. The zero-order valence-electron chi connectivity index (χ0n) is 23.9. The Morgan fingerprint density at radius 2 is 1.78 bits per heavy atom. The molecule has 0 bridgehead atoms. The van der Waals surface area contributed by atoms with Gasteiger partial charge < -0.3 is 33.9 Å². The van der Waals surface area contributed by atoms with Crippen molar-refractivity contribution < 1.29 is 33.6 Å². The number of fused-ring (bicyclic) bond motifs is 2. The number of para-hydroxylation sites is 1. The Balaban J connectivity index is 1.41. The molecule has 9 nitrogen and oxygen atoms in total. The number of methoxy groups -OCH3 is 1. The molecule has 1 saturated heterocycles. The number of aliphatic hydroxyl groups is 1. The fraction of sp³-hybridized carbons (Fsp3) is 0.375. The summed E-state index contributed by atoms with van der Waals surface area (Å²) in [5.74, 6) is 0.517. The van der Waals surface area contributed by atoms with Gasteiger partial charge in [0.25, 0.3) is 0 Å². The highest BCUT2D eigenvalue weighted by Crippen LogP contribution is 2.44. The highest BCUT2D eigenvalue weighted by Gasteiger charge is 2.31. The van der Waals surface area contributed by atoms with Gasteiger partial charge in [0.05, 0.1) is 13.2 Å². The van der Waals surface area contributed by atoms with Crippen LogP contribution in [0.3, 0.4) is 0 Å². The van der Waals surface area contributed by atoms with Crippen molar-refractivity contribution in [2.75, 3.05) is 38.2 Å². The topological polar surface area (TPSA) is 97.8 Å². The molecule has 2 aliphatic heterocycles. The van der Waals surface area contributed by atoms with E-state index in [-0.39, 0.29) is 41.1 Å². The molecule has 1 N–H and O–H groups in total. The molecule has 1 fully saturated rings. The molecule has 3 aromatic rings. The van der Waals surface area contributed by atoms with E-state index in [0.29, 0.717) is 43.7 Å². The van der Waals surface area contributed by atoms with Gasteiger partial charge in [0.15, 0.2) is 11.5 Å². The first-order valence-electron chi connectivity index (χ1n) is 13.9. The number of piperazine rings is 1. The molecule has 5 rings (SSSR count). The highest BCUT2D eigenvalue weighted by molar-refractivity contribution is 5.96. The smallest absolute Gasteiger partial charge is 0.415 e. The highest BCUT2D eigenvalue weighted by atomic mass is 16.6. The van der Waals surface area contributed by atoms with Gasteiger partial charge in [-0.1, -0.05) is 32.0 Å². The van der Waals surface area contributed by atoms with Gasteiger partial charge in [0, 0.05) is 43.0 Å². The van der Waals surface area contributed by atoms with Crippen LogP contribution in [-0.2, 0) is 11.3 Å². The quantitative estimate of drug-likeness (QED) is 0.374. The van der Waals surface area contributed by atoms with Crippen molar-refractivity contribution in [1.29, 1.82) is 0 Å². The Kier molecular flexibility index (Phi) is 8.35. The number of aryl methyl sites for hydroxylation is 1. The van der Waals surface area contributed by atoms with E-state index >= 15 is 0 Å². The fourth-order valence-electron chi connectivity index (χ4n) is 5.30. The van der Waals surface area contributed by atoms with Crippen molar-refractivity contribution in [3.63, 3.8) is 0 Å². The zero-order chi connectivity index (χ0) is 29.1. The van der Waals surface area contributed by atoms with Crippen molar-refractivity contribution in [2.24, 2.45) is 5.92 Å². The summed E-state index contributed by atoms with van der Waals surface area (Å²) in [5.41, 5.74) is 3.08. The molecule has 2 heterocycles. The summed E-state index contributed by atoms with van der Waals surface area (Å²) in [6.45, 7) is 8.21. The molecular weight excluding hydrogens is 524 g/mol. The van der Waals surface area contributed by atoms with E-state index in [1.807, 2.05) is 45.0 Å². The van der Waals surface area contributed by atoms with Crippen LogP contribution in [0.5, 0.6) is 23.0 Å². The first kappa shape index (κ1) is 28.3. The zero-order valence-corrected chi connectivity index (χ0v) is 23.9. The lowest BCUT2D eigenvalue weighted by Gasteiger charge is -2.35. The summed E-state index contributed by atoms with van der Waals surface area (Å²) in [5, 5.41) is 10.8. The van der Waals surface area contributed by atoms with Gasteiger partial charge in [-0.05, 0) is 61.2 Å². The fourth-order valence-corrected chi connectivity index (χ4v) is 5.30. The molecule has 3 aromatic carbocycles. The van der Waals surface area contributed by atoms with Crippen molar-refractivity contribution in [1.82, 2.24) is 4.90 Å². The van der Waals surface area contributed by atoms with Crippen LogP contribution in [0.25, 0.3) is 0 Å². The summed E-state index contributed by atoms with van der Waals surface area (Å²) in [4.78, 5) is 30.3. The van der Waals surface area contributed by atoms with E-state index in [1.165, 1.54) is 7.11 Å². The van der Waals surface area contributed by atoms with Crippen LogP contribution >= 0.6 is 0 Å². The maximum Gasteiger partial charge on any atom is 0.415 e. The molecule has 41 heavy (non-hydrogen) atoms. The lowest BCUT2D eigenvalue weighted by Crippen LogP contribution is -2.49. The number of carbonyl (C=O) groups excluding carboxylic acids is 2. The number of hydrogen-bond donors (Lipinski definition) is 1. The average Bonchev–Trinajstić information content (AvgIpc) is 2.96. The Bertz CT molecular complexity index is 1420. The number of anilines is 1. The molecule has 0 aliphatic carbocycles. The van der Waals surface area contributed by atoms with Crippen LogP contribution in [-0.4, -0.2) is 55.4 Å². The van der Waals surface area contributed by atoms with Crippen LogP contribution in [0.2, 0.25) is 0 Å². The van der Waals surface area contributed by atoms with Crippen LogP contribution in [0.1, 0.15) is 53.4 Å². The number of ether oxygens (including phenoxy) is 4. The lowest BCUT2D eigenvalue weighted by atomic mass is 9.96. The maximum absolute atomic E-state index is 13.3. The van der Waals surface area contributed by atoms with E-state index < -0.39 is 18.2 Å². The Labute approximate surface area is 240 Å². The van der Waals surface area contributed by atoms with Gasteiger partial charge in [-0.15, -0.1) is 0 Å². The summed E-state index contributed by atoms with van der Waals surface area (Å²) in [6, 6.07) is 17.0. The van der Waals surface area contributed by atoms with Gasteiger partial charge in [-0.25, -0.2) is 9.59 Å². The van der Waals surface area contributed by atoms with Gasteiger partial charge in [0.1, 0.15) is 23.7 Å². The van der Waals surface area contributed by atoms with E-state index in [1.54, 1.807) is 23.1 Å². The molecule has 0 saturated carbocycles. The second-order valence-corrected chi connectivity index (χ2v) is 10.8. The standard InChI is InChI=1S/C32H36N2O7/c1-20(2)16-25(35)24-10-11-26-28(30(24)38-4)31(36)39-19-22-17-21(3)18-27(29(22)40-26)41-32(37)34-14-12-33(13-15-34)23-8-6-5-7-9-23/h5-11,17-18,20,25,35H,12-16,19H2,1-4H3/t25-/m0/s1. The van der Waals surface area contributed by atoms with Crippen LogP contribution < -0.4 is 19.1 Å². The molecular formula is C32H36N2O7. The van der Waals surface area contributed by atoms with Crippen molar-refractivity contribution in [2.45, 2.75) is 39.9 Å². The van der Waals surface area contributed by atoms with Crippen molar-refractivity contribution >= 4 is 17.7 Å². The number of benzene rings is 3. The lowest BCUT2D eigenvalue weighted by molar-refractivity contribution is 0.0453. The summed E-state index contributed by atoms with van der Waals surface area (Å²) in [7, 11) is 1.44. The van der Waals surface area contributed by atoms with Crippen molar-refractivity contribution in [3.8, 4) is 23.0 Å². The summed E-state index contributed by atoms with van der Waals surface area (Å²) in [6.07, 6.45) is -0.812. The minimum atomic E-state index is -0.831. The number of rotatable bonds is 6. The van der Waals surface area contributed by atoms with E-state index in [9.17, 15) is 14.7 Å². The number of hydrogen-bond acceptors (Lipinski definition) is 8. The molecule has 1 atom stereocenters. The number of cyclic esters (lactones) is 1. The van der Waals surface area contributed by atoms with Crippen LogP contribution in [0.15, 0.2) is 54.6 Å². The number of amides is 1. The molecule has 0 unspecified atom stereocenters. The molecule has 216 valence electrons. The first-order chi connectivity index (χ1) is 19.7. The molecule has 0 radical (unpaired) electrons. The number of esters is 1. The van der Waals surface area contributed by atoms with E-state index in [4.69, 9.17) is 18.9 Å². The third-order valence-corrected chi connectivity index (χ3v) is 7.32. The maximum atomic E-state index is 13.3. The third-order valence-electron chi connectivity index (χ3n) is 7.32. The Morgan fingerprint density at radius 1 is 1.05 bits per heavy atom. The average molecular weight is 561 g/mol. The van der Waals surface area contributed by atoms with E-state index in [0.717, 1.165) is 11.3 Å². The third kappa shape index (κ3) is 6.10. The van der Waals surface area contributed by atoms with Gasteiger partial charge in [0.2, 0.25) is 0 Å². The van der Waals surface area contributed by atoms with Crippen LogP contribution in [0.4, 0.5) is 10.5 Å². The molecule has 2 aliphatic rings. The minimum absolute atomic E-state index is 0.0772. The largest absolute Gasteiger partial charge is 0.495 e. The van der Waals surface area contributed by atoms with Crippen LogP contribution in [0, 0.1) is 12.8 Å².